The van der Waals surface area contributed by atoms with Crippen LogP contribution in [0, 0.1) is 5.92 Å². The minimum atomic E-state index is -3.78. The summed E-state index contributed by atoms with van der Waals surface area (Å²) in [5.41, 5.74) is 5.03. The van der Waals surface area contributed by atoms with E-state index in [1.165, 1.54) is 19.2 Å². The zero-order valence-corrected chi connectivity index (χ0v) is 15.6. The summed E-state index contributed by atoms with van der Waals surface area (Å²) in [6.45, 7) is 6.02. The number of nitrogens with two attached hydrogens (primary N) is 1. The average Bonchev–Trinajstić information content (AvgIpc) is 2.37. The summed E-state index contributed by atoms with van der Waals surface area (Å²) in [6.07, 6.45) is 0.629. The molecule has 0 radical (unpaired) electrons. The zero-order chi connectivity index (χ0) is 16.3. The Kier molecular flexibility index (Phi) is 8.16. The van der Waals surface area contributed by atoms with E-state index in [-0.39, 0.29) is 28.9 Å². The molecule has 0 fully saturated rings. The largest absolute Gasteiger partial charge is 0.497 e. The Hall–Kier alpha value is -0.530. The first-order valence-corrected chi connectivity index (χ1v) is 8.57. The number of ether oxygens (including phenoxy) is 1. The van der Waals surface area contributed by atoms with E-state index in [0.29, 0.717) is 18.1 Å². The predicted octanol–water partition coefficient (Wildman–Crippen LogP) is 2.81. The van der Waals surface area contributed by atoms with E-state index < -0.39 is 15.6 Å². The van der Waals surface area contributed by atoms with Gasteiger partial charge in [-0.3, -0.25) is 0 Å². The Balaban J connectivity index is 0.00000441. The molecule has 128 valence electrons. The van der Waals surface area contributed by atoms with Crippen LogP contribution in [0.5, 0.6) is 5.75 Å². The van der Waals surface area contributed by atoms with Crippen LogP contribution in [0.3, 0.4) is 0 Å². The number of nitrogens with one attached hydrogen (secondary N) is 1. The van der Waals surface area contributed by atoms with Crippen molar-refractivity contribution < 1.29 is 13.2 Å². The van der Waals surface area contributed by atoms with E-state index in [1.807, 2.05) is 13.8 Å². The highest BCUT2D eigenvalue weighted by atomic mass is 35.5. The van der Waals surface area contributed by atoms with E-state index in [0.717, 1.165) is 0 Å². The van der Waals surface area contributed by atoms with Gasteiger partial charge in [-0.05, 0) is 31.4 Å². The lowest BCUT2D eigenvalue weighted by molar-refractivity contribution is 0.344. The third kappa shape index (κ3) is 5.59. The van der Waals surface area contributed by atoms with Crippen molar-refractivity contribution in [2.24, 2.45) is 11.7 Å². The van der Waals surface area contributed by atoms with Gasteiger partial charge in [0.25, 0.3) is 0 Å². The molecule has 0 amide bonds. The van der Waals surface area contributed by atoms with Gasteiger partial charge in [0.2, 0.25) is 10.0 Å². The van der Waals surface area contributed by atoms with Crippen molar-refractivity contribution in [1.82, 2.24) is 4.72 Å². The molecule has 1 unspecified atom stereocenters. The van der Waals surface area contributed by atoms with Gasteiger partial charge < -0.3 is 10.5 Å². The lowest BCUT2D eigenvalue weighted by atomic mass is 9.92. The molecule has 1 rings (SSSR count). The standard InChI is InChI=1S/C14H23ClN2O3S.ClH/c1-10(2)8-14(3,9-16)17-21(18,19)13-7-11(20-4)5-6-12(13)15;/h5-7,10,17H,8-9,16H2,1-4H3;1H. The van der Waals surface area contributed by atoms with Gasteiger partial charge in [-0.2, -0.15) is 0 Å². The van der Waals surface area contributed by atoms with Crippen molar-refractivity contribution in [2.75, 3.05) is 13.7 Å². The molecule has 0 aliphatic heterocycles. The number of halogens is 2. The lowest BCUT2D eigenvalue weighted by Gasteiger charge is -2.31. The highest BCUT2D eigenvalue weighted by Crippen LogP contribution is 2.28. The third-order valence-corrected chi connectivity index (χ3v) is 5.24. The summed E-state index contributed by atoms with van der Waals surface area (Å²) < 4.78 is 32.9. The fraction of sp³-hybridized carbons (Fsp3) is 0.571. The first-order chi connectivity index (χ1) is 9.63. The molecular weight excluding hydrogens is 347 g/mol. The van der Waals surface area contributed by atoms with Crippen LogP contribution in [0.2, 0.25) is 5.02 Å². The molecule has 22 heavy (non-hydrogen) atoms. The molecule has 0 aliphatic carbocycles. The third-order valence-electron chi connectivity index (χ3n) is 3.12. The Morgan fingerprint density at radius 2 is 2.00 bits per heavy atom. The summed E-state index contributed by atoms with van der Waals surface area (Å²) >= 11 is 6.01. The van der Waals surface area contributed by atoms with E-state index in [2.05, 4.69) is 4.72 Å². The maximum Gasteiger partial charge on any atom is 0.242 e. The molecule has 8 heteroatoms. The Morgan fingerprint density at radius 3 is 2.45 bits per heavy atom. The second-order valence-electron chi connectivity index (χ2n) is 5.76. The number of hydrogen-bond donors (Lipinski definition) is 2. The fourth-order valence-corrected chi connectivity index (χ4v) is 4.21. The van der Waals surface area contributed by atoms with Crippen LogP contribution >= 0.6 is 24.0 Å². The number of methoxy groups -OCH3 is 1. The van der Waals surface area contributed by atoms with Crippen LogP contribution < -0.4 is 15.2 Å². The SMILES string of the molecule is COc1ccc(Cl)c(S(=O)(=O)NC(C)(CN)CC(C)C)c1.Cl. The van der Waals surface area contributed by atoms with Gasteiger partial charge in [-0.1, -0.05) is 25.4 Å². The molecule has 5 nitrogen and oxygen atoms in total. The van der Waals surface area contributed by atoms with Gasteiger partial charge in [0, 0.05) is 18.2 Å². The monoisotopic (exact) mass is 370 g/mol. The summed E-state index contributed by atoms with van der Waals surface area (Å²) in [5.74, 6) is 0.736. The maximum absolute atomic E-state index is 12.6. The highest BCUT2D eigenvalue weighted by molar-refractivity contribution is 7.89. The minimum Gasteiger partial charge on any atom is -0.497 e. The molecule has 1 atom stereocenters. The molecule has 3 N–H and O–H groups in total. The minimum absolute atomic E-state index is 0. The molecule has 0 heterocycles. The molecule has 0 saturated carbocycles. The van der Waals surface area contributed by atoms with Crippen molar-refractivity contribution in [3.05, 3.63) is 23.2 Å². The van der Waals surface area contributed by atoms with Gasteiger partial charge in [-0.25, -0.2) is 13.1 Å². The molecule has 0 aromatic heterocycles. The second kappa shape index (κ2) is 8.36. The first kappa shape index (κ1) is 21.5. The number of rotatable bonds is 7. The predicted molar refractivity (Wildman–Crippen MR) is 92.5 cm³/mol. The van der Waals surface area contributed by atoms with E-state index in [1.54, 1.807) is 13.0 Å². The smallest absolute Gasteiger partial charge is 0.242 e. The second-order valence-corrected chi connectivity index (χ2v) is 7.82. The molecule has 0 spiro atoms. The summed E-state index contributed by atoms with van der Waals surface area (Å²) in [7, 11) is -2.31. The molecule has 1 aromatic rings. The van der Waals surface area contributed by atoms with Crippen molar-refractivity contribution in [1.29, 1.82) is 0 Å². The van der Waals surface area contributed by atoms with Crippen LogP contribution in [0.25, 0.3) is 0 Å². The Morgan fingerprint density at radius 1 is 1.41 bits per heavy atom. The normalized spacial score (nSPS) is 14.3. The quantitative estimate of drug-likeness (QED) is 0.772. The van der Waals surface area contributed by atoms with Crippen LogP contribution in [0.15, 0.2) is 23.1 Å². The van der Waals surface area contributed by atoms with Gasteiger partial charge in [0.05, 0.1) is 12.1 Å². The maximum atomic E-state index is 12.6. The van der Waals surface area contributed by atoms with Gasteiger partial charge in [0.1, 0.15) is 10.6 Å². The number of sulfonamides is 1. The zero-order valence-electron chi connectivity index (χ0n) is 13.2. The fourth-order valence-electron chi connectivity index (χ4n) is 2.26. The van der Waals surface area contributed by atoms with Gasteiger partial charge in [0.15, 0.2) is 0 Å². The molecule has 1 aromatic carbocycles. The van der Waals surface area contributed by atoms with Crippen molar-refractivity contribution >= 4 is 34.0 Å². The Labute approximate surface area is 144 Å². The molecule has 0 bridgehead atoms. The van der Waals surface area contributed by atoms with Crippen LogP contribution in [-0.2, 0) is 10.0 Å². The van der Waals surface area contributed by atoms with Crippen molar-refractivity contribution in [3.63, 3.8) is 0 Å². The topological polar surface area (TPSA) is 81.4 Å². The van der Waals surface area contributed by atoms with Crippen LogP contribution in [0.4, 0.5) is 0 Å². The first-order valence-electron chi connectivity index (χ1n) is 6.71. The van der Waals surface area contributed by atoms with E-state index in [4.69, 9.17) is 22.1 Å². The summed E-state index contributed by atoms with van der Waals surface area (Å²) in [4.78, 5) is -0.00746. The molecular formula is C14H24Cl2N2O3S. The number of benzene rings is 1. The highest BCUT2D eigenvalue weighted by Gasteiger charge is 2.31. The summed E-state index contributed by atoms with van der Waals surface area (Å²) in [6, 6.07) is 4.51. The van der Waals surface area contributed by atoms with E-state index in [9.17, 15) is 8.42 Å². The molecule has 0 aliphatic rings. The van der Waals surface area contributed by atoms with E-state index >= 15 is 0 Å². The van der Waals surface area contributed by atoms with Crippen molar-refractivity contribution in [2.45, 2.75) is 37.6 Å². The Bertz CT molecular complexity index is 594. The lowest BCUT2D eigenvalue weighted by Crippen LogP contribution is -2.52. The van der Waals surface area contributed by atoms with Crippen molar-refractivity contribution in [3.8, 4) is 5.75 Å². The van der Waals surface area contributed by atoms with Gasteiger partial charge >= 0.3 is 0 Å². The number of hydrogen-bond acceptors (Lipinski definition) is 4. The van der Waals surface area contributed by atoms with Gasteiger partial charge in [-0.15, -0.1) is 12.4 Å². The summed E-state index contributed by atoms with van der Waals surface area (Å²) in [5, 5.41) is 0.146. The van der Waals surface area contributed by atoms with Crippen LogP contribution in [-0.4, -0.2) is 27.6 Å². The average molecular weight is 371 g/mol. The van der Waals surface area contributed by atoms with Crippen LogP contribution in [0.1, 0.15) is 27.2 Å². The molecule has 0 saturated heterocycles.